The summed E-state index contributed by atoms with van der Waals surface area (Å²) in [5.41, 5.74) is 9.83. The molecule has 0 aliphatic rings. The number of amides is 1. The highest BCUT2D eigenvalue weighted by Gasteiger charge is 2.11. The van der Waals surface area contributed by atoms with E-state index in [2.05, 4.69) is 62.5 Å². The van der Waals surface area contributed by atoms with Crippen molar-refractivity contribution < 1.29 is 9.90 Å². The summed E-state index contributed by atoms with van der Waals surface area (Å²) in [7, 11) is 0. The number of carboxylic acid groups (broad SMARTS) is 1. The van der Waals surface area contributed by atoms with Gasteiger partial charge in [0.1, 0.15) is 0 Å². The number of hydrogen-bond donors (Lipinski definition) is 2. The van der Waals surface area contributed by atoms with Gasteiger partial charge in [0, 0.05) is 18.3 Å². The molecule has 0 fully saturated rings. The number of aromatic nitrogens is 2. The topological polar surface area (TPSA) is 67.2 Å². The molecule has 5 nitrogen and oxygen atoms in total. The fourth-order valence-electron chi connectivity index (χ4n) is 3.99. The van der Waals surface area contributed by atoms with E-state index in [1.165, 1.54) is 22.3 Å². The minimum absolute atomic E-state index is 0.246. The molecular formula is C27H27N3O2. The SMILES string of the molecule is Cc1ccc(-c2ccn(-c3ccc(Cc4ccccc4C)c(CNC(=O)O)c3)n2)c(C)c1. The number of benzene rings is 3. The molecule has 0 saturated heterocycles. The lowest BCUT2D eigenvalue weighted by Gasteiger charge is -2.14. The second-order valence-electron chi connectivity index (χ2n) is 8.18. The van der Waals surface area contributed by atoms with Crippen molar-refractivity contribution in [2.75, 3.05) is 0 Å². The summed E-state index contributed by atoms with van der Waals surface area (Å²) in [6.07, 6.45) is 1.66. The highest BCUT2D eigenvalue weighted by Crippen LogP contribution is 2.25. The molecule has 0 bridgehead atoms. The molecule has 0 atom stereocenters. The Morgan fingerprint density at radius 2 is 1.72 bits per heavy atom. The van der Waals surface area contributed by atoms with E-state index in [9.17, 15) is 4.79 Å². The zero-order valence-electron chi connectivity index (χ0n) is 18.6. The lowest BCUT2D eigenvalue weighted by atomic mass is 9.96. The molecule has 1 amide bonds. The van der Waals surface area contributed by atoms with Crippen LogP contribution in [0.4, 0.5) is 4.79 Å². The minimum atomic E-state index is -1.03. The Hall–Kier alpha value is -3.86. The van der Waals surface area contributed by atoms with Gasteiger partial charge in [0.25, 0.3) is 0 Å². The van der Waals surface area contributed by atoms with E-state index in [1.807, 2.05) is 41.2 Å². The highest BCUT2D eigenvalue weighted by atomic mass is 16.4. The molecule has 0 radical (unpaired) electrons. The molecular weight excluding hydrogens is 398 g/mol. The zero-order valence-corrected chi connectivity index (χ0v) is 18.6. The Labute approximate surface area is 188 Å². The van der Waals surface area contributed by atoms with Crippen LogP contribution in [0.3, 0.4) is 0 Å². The van der Waals surface area contributed by atoms with Gasteiger partial charge in [0.05, 0.1) is 11.4 Å². The first-order valence-electron chi connectivity index (χ1n) is 10.7. The van der Waals surface area contributed by atoms with Gasteiger partial charge in [-0.05, 0) is 73.2 Å². The second-order valence-corrected chi connectivity index (χ2v) is 8.18. The molecule has 0 spiro atoms. The van der Waals surface area contributed by atoms with Crippen LogP contribution in [-0.2, 0) is 13.0 Å². The van der Waals surface area contributed by atoms with Crippen molar-refractivity contribution in [3.05, 3.63) is 106 Å². The molecule has 1 aromatic heterocycles. The third-order valence-corrected chi connectivity index (χ3v) is 5.77. The van der Waals surface area contributed by atoms with Crippen molar-refractivity contribution in [3.63, 3.8) is 0 Å². The molecule has 1 heterocycles. The minimum Gasteiger partial charge on any atom is -0.465 e. The van der Waals surface area contributed by atoms with E-state index in [4.69, 9.17) is 10.2 Å². The first kappa shape index (κ1) is 21.4. The quantitative estimate of drug-likeness (QED) is 0.409. The summed E-state index contributed by atoms with van der Waals surface area (Å²) in [6, 6.07) is 22.8. The van der Waals surface area contributed by atoms with Crippen LogP contribution in [0.15, 0.2) is 72.9 Å². The zero-order chi connectivity index (χ0) is 22.7. The Morgan fingerprint density at radius 1 is 0.906 bits per heavy atom. The maximum absolute atomic E-state index is 11.1. The fourth-order valence-corrected chi connectivity index (χ4v) is 3.99. The molecule has 0 saturated carbocycles. The molecule has 4 rings (SSSR count). The normalized spacial score (nSPS) is 10.8. The first-order valence-corrected chi connectivity index (χ1v) is 10.7. The number of carbonyl (C=O) groups is 1. The molecule has 4 aromatic rings. The average molecular weight is 426 g/mol. The summed E-state index contributed by atoms with van der Waals surface area (Å²) in [4.78, 5) is 11.1. The van der Waals surface area contributed by atoms with E-state index < -0.39 is 6.09 Å². The maximum Gasteiger partial charge on any atom is 0.404 e. The van der Waals surface area contributed by atoms with Crippen molar-refractivity contribution in [2.45, 2.75) is 33.7 Å². The average Bonchev–Trinajstić information content (AvgIpc) is 3.24. The second kappa shape index (κ2) is 9.10. The van der Waals surface area contributed by atoms with Gasteiger partial charge in [-0.25, -0.2) is 9.48 Å². The largest absolute Gasteiger partial charge is 0.465 e. The van der Waals surface area contributed by atoms with Crippen molar-refractivity contribution in [1.29, 1.82) is 0 Å². The van der Waals surface area contributed by atoms with Gasteiger partial charge in [0.15, 0.2) is 0 Å². The van der Waals surface area contributed by atoms with E-state index in [1.54, 1.807) is 0 Å². The smallest absolute Gasteiger partial charge is 0.404 e. The molecule has 0 aliphatic heterocycles. The number of nitrogens with zero attached hydrogens (tertiary/aromatic N) is 2. The van der Waals surface area contributed by atoms with Crippen LogP contribution in [0.5, 0.6) is 0 Å². The van der Waals surface area contributed by atoms with Crippen LogP contribution >= 0.6 is 0 Å². The lowest BCUT2D eigenvalue weighted by Crippen LogP contribution is -2.21. The fraction of sp³-hybridized carbons (Fsp3) is 0.185. The third-order valence-electron chi connectivity index (χ3n) is 5.77. The van der Waals surface area contributed by atoms with Crippen LogP contribution in [0.1, 0.15) is 33.4 Å². The molecule has 32 heavy (non-hydrogen) atoms. The van der Waals surface area contributed by atoms with Crippen molar-refractivity contribution >= 4 is 6.09 Å². The predicted octanol–water partition coefficient (Wildman–Crippen LogP) is 5.82. The van der Waals surface area contributed by atoms with Crippen LogP contribution < -0.4 is 5.32 Å². The highest BCUT2D eigenvalue weighted by molar-refractivity contribution is 5.65. The van der Waals surface area contributed by atoms with Crippen LogP contribution in [0, 0.1) is 20.8 Å². The summed E-state index contributed by atoms with van der Waals surface area (Å²) < 4.78 is 1.84. The maximum atomic E-state index is 11.1. The van der Waals surface area contributed by atoms with Crippen LogP contribution in [0.25, 0.3) is 16.9 Å². The van der Waals surface area contributed by atoms with Gasteiger partial charge in [-0.2, -0.15) is 5.10 Å². The Kier molecular flexibility index (Phi) is 6.08. The summed E-state index contributed by atoms with van der Waals surface area (Å²) in [6.45, 7) is 6.52. The van der Waals surface area contributed by atoms with Gasteiger partial charge < -0.3 is 10.4 Å². The summed E-state index contributed by atoms with van der Waals surface area (Å²) in [5.74, 6) is 0. The number of rotatable bonds is 6. The van der Waals surface area contributed by atoms with Crippen LogP contribution in [0.2, 0.25) is 0 Å². The van der Waals surface area contributed by atoms with Gasteiger partial charge in [-0.1, -0.05) is 54.1 Å². The number of aryl methyl sites for hydroxylation is 3. The van der Waals surface area contributed by atoms with Crippen molar-refractivity contribution in [3.8, 4) is 16.9 Å². The molecule has 0 unspecified atom stereocenters. The van der Waals surface area contributed by atoms with Crippen molar-refractivity contribution in [2.24, 2.45) is 0 Å². The van der Waals surface area contributed by atoms with E-state index in [-0.39, 0.29) is 6.54 Å². The van der Waals surface area contributed by atoms with Gasteiger partial charge in [-0.3, -0.25) is 0 Å². The van der Waals surface area contributed by atoms with Crippen molar-refractivity contribution in [1.82, 2.24) is 15.1 Å². The van der Waals surface area contributed by atoms with E-state index >= 15 is 0 Å². The first-order chi connectivity index (χ1) is 15.4. The molecule has 2 N–H and O–H groups in total. The Bertz CT molecular complexity index is 1270. The third kappa shape index (κ3) is 4.72. The molecule has 5 heteroatoms. The summed E-state index contributed by atoms with van der Waals surface area (Å²) >= 11 is 0. The van der Waals surface area contributed by atoms with Crippen LogP contribution in [-0.4, -0.2) is 21.0 Å². The van der Waals surface area contributed by atoms with Gasteiger partial charge >= 0.3 is 6.09 Å². The molecule has 3 aromatic carbocycles. The Balaban J connectivity index is 1.67. The Morgan fingerprint density at radius 3 is 2.47 bits per heavy atom. The van der Waals surface area contributed by atoms with Gasteiger partial charge in [0.2, 0.25) is 0 Å². The van der Waals surface area contributed by atoms with E-state index in [0.29, 0.717) is 0 Å². The molecule has 0 aliphatic carbocycles. The molecule has 162 valence electrons. The lowest BCUT2D eigenvalue weighted by molar-refractivity contribution is 0.194. The number of hydrogen-bond acceptors (Lipinski definition) is 2. The standard InChI is InChI=1S/C27H27N3O2/c1-18-8-11-25(20(3)14-18)26-12-13-30(29-26)24-10-9-22(23(16-24)17-28-27(31)32)15-21-7-5-4-6-19(21)2/h4-14,16,28H,15,17H2,1-3H3,(H,31,32). The van der Waals surface area contributed by atoms with E-state index in [0.717, 1.165) is 34.5 Å². The summed E-state index contributed by atoms with van der Waals surface area (Å²) in [5, 5.41) is 16.4. The monoisotopic (exact) mass is 425 g/mol. The predicted molar refractivity (Wildman–Crippen MR) is 127 cm³/mol. The van der Waals surface area contributed by atoms with Gasteiger partial charge in [-0.15, -0.1) is 0 Å². The number of nitrogens with one attached hydrogen (secondary N) is 1.